The van der Waals surface area contributed by atoms with Crippen LogP contribution in [0, 0.1) is 0 Å². The van der Waals surface area contributed by atoms with Crippen molar-refractivity contribution in [1.82, 2.24) is 19.8 Å². The maximum absolute atomic E-state index is 13.0. The first-order valence-electron chi connectivity index (χ1n) is 7.91. The number of hydrogen-bond donors (Lipinski definition) is 2. The van der Waals surface area contributed by atoms with E-state index in [4.69, 9.17) is 0 Å². The van der Waals surface area contributed by atoms with E-state index < -0.39 is 16.1 Å². The van der Waals surface area contributed by atoms with Crippen LogP contribution in [0.25, 0.3) is 0 Å². The summed E-state index contributed by atoms with van der Waals surface area (Å²) < 4.78 is 28.0. The number of hydrogen-bond acceptors (Lipinski definition) is 5. The fourth-order valence-corrected chi connectivity index (χ4v) is 3.80. The Morgan fingerprint density at radius 2 is 2.08 bits per heavy atom. The van der Waals surface area contributed by atoms with Crippen molar-refractivity contribution in [2.75, 3.05) is 25.5 Å². The van der Waals surface area contributed by atoms with Crippen LogP contribution in [0.3, 0.4) is 0 Å². The van der Waals surface area contributed by atoms with Gasteiger partial charge in [0.2, 0.25) is 15.9 Å². The zero-order valence-corrected chi connectivity index (χ0v) is 15.2. The summed E-state index contributed by atoms with van der Waals surface area (Å²) in [5, 5.41) is 7.13. The molecule has 1 atom stereocenters. The lowest BCUT2D eigenvalue weighted by atomic mass is 10.1. The SMILES string of the molecule is CNC(C(=O)N1CCc2ccc(S(=O)(=O)NC)cc21)c1cnn(C)c1. The second-order valence-electron chi connectivity index (χ2n) is 5.91. The zero-order valence-electron chi connectivity index (χ0n) is 14.4. The Labute approximate surface area is 146 Å². The predicted molar refractivity (Wildman–Crippen MR) is 93.8 cm³/mol. The third-order valence-electron chi connectivity index (χ3n) is 4.39. The molecule has 0 fully saturated rings. The molecule has 0 saturated carbocycles. The van der Waals surface area contributed by atoms with Gasteiger partial charge in [0, 0.05) is 31.0 Å². The molecule has 1 unspecified atom stereocenters. The number of rotatable bonds is 5. The van der Waals surface area contributed by atoms with Crippen LogP contribution in [0.4, 0.5) is 5.69 Å². The molecule has 9 heteroatoms. The highest BCUT2D eigenvalue weighted by Crippen LogP contribution is 2.32. The molecule has 1 aromatic carbocycles. The van der Waals surface area contributed by atoms with Crippen LogP contribution in [-0.2, 0) is 28.3 Å². The van der Waals surface area contributed by atoms with Gasteiger partial charge in [-0.05, 0) is 38.2 Å². The number of sulfonamides is 1. The number of amides is 1. The van der Waals surface area contributed by atoms with Gasteiger partial charge < -0.3 is 10.2 Å². The molecule has 2 aromatic rings. The van der Waals surface area contributed by atoms with E-state index >= 15 is 0 Å². The van der Waals surface area contributed by atoms with Gasteiger partial charge in [-0.25, -0.2) is 13.1 Å². The second-order valence-corrected chi connectivity index (χ2v) is 7.79. The topological polar surface area (TPSA) is 96.3 Å². The molecule has 2 N–H and O–H groups in total. The van der Waals surface area contributed by atoms with Gasteiger partial charge in [-0.3, -0.25) is 9.48 Å². The van der Waals surface area contributed by atoms with Gasteiger partial charge in [0.25, 0.3) is 0 Å². The van der Waals surface area contributed by atoms with Crippen LogP contribution in [0.2, 0.25) is 0 Å². The van der Waals surface area contributed by atoms with Crippen molar-refractivity contribution in [2.45, 2.75) is 17.4 Å². The van der Waals surface area contributed by atoms with Crippen LogP contribution in [0.1, 0.15) is 17.2 Å². The van der Waals surface area contributed by atoms with E-state index in [9.17, 15) is 13.2 Å². The molecule has 8 nitrogen and oxygen atoms in total. The molecule has 1 amide bonds. The number of aromatic nitrogens is 2. The molecule has 0 saturated heterocycles. The third kappa shape index (κ3) is 3.17. The fraction of sp³-hybridized carbons (Fsp3) is 0.375. The Morgan fingerprint density at radius 1 is 1.32 bits per heavy atom. The third-order valence-corrected chi connectivity index (χ3v) is 5.80. The van der Waals surface area contributed by atoms with Crippen molar-refractivity contribution >= 4 is 21.6 Å². The summed E-state index contributed by atoms with van der Waals surface area (Å²) in [5.74, 6) is -0.131. The van der Waals surface area contributed by atoms with Crippen LogP contribution in [-0.4, -0.2) is 44.7 Å². The number of anilines is 1. The molecule has 2 heterocycles. The van der Waals surface area contributed by atoms with E-state index in [1.807, 2.05) is 0 Å². The predicted octanol–water partition coefficient (Wildman–Crippen LogP) is 0.178. The van der Waals surface area contributed by atoms with Gasteiger partial charge in [0.1, 0.15) is 6.04 Å². The van der Waals surface area contributed by atoms with E-state index in [1.54, 1.807) is 54.3 Å². The Bertz CT molecular complexity index is 906. The lowest BCUT2D eigenvalue weighted by Crippen LogP contribution is -2.39. The Balaban J connectivity index is 1.96. The van der Waals surface area contributed by atoms with Crippen molar-refractivity contribution in [2.24, 2.45) is 7.05 Å². The first-order valence-corrected chi connectivity index (χ1v) is 9.39. The Kier molecular flexibility index (Phi) is 4.63. The number of nitrogens with one attached hydrogen (secondary N) is 2. The monoisotopic (exact) mass is 363 g/mol. The zero-order chi connectivity index (χ0) is 18.2. The maximum Gasteiger partial charge on any atom is 0.248 e. The van der Waals surface area contributed by atoms with Gasteiger partial charge in [0.05, 0.1) is 11.1 Å². The molecule has 0 bridgehead atoms. The molecule has 0 spiro atoms. The Hall–Kier alpha value is -2.23. The highest BCUT2D eigenvalue weighted by atomic mass is 32.2. The molecular formula is C16H21N5O3S. The van der Waals surface area contributed by atoms with E-state index in [-0.39, 0.29) is 10.8 Å². The van der Waals surface area contributed by atoms with E-state index in [1.165, 1.54) is 7.05 Å². The highest BCUT2D eigenvalue weighted by molar-refractivity contribution is 7.89. The number of nitrogens with zero attached hydrogens (tertiary/aromatic N) is 3. The molecular weight excluding hydrogens is 342 g/mol. The average Bonchev–Trinajstić information content (AvgIpc) is 3.21. The normalized spacial score (nSPS) is 15.2. The van der Waals surface area contributed by atoms with Gasteiger partial charge in [-0.1, -0.05) is 6.07 Å². The quantitative estimate of drug-likeness (QED) is 0.790. The summed E-state index contributed by atoms with van der Waals surface area (Å²) in [5.41, 5.74) is 2.37. The summed E-state index contributed by atoms with van der Waals surface area (Å²) in [6, 6.07) is 4.35. The van der Waals surface area contributed by atoms with Crippen LogP contribution in [0.15, 0.2) is 35.5 Å². The van der Waals surface area contributed by atoms with Crippen molar-refractivity contribution in [3.63, 3.8) is 0 Å². The lowest BCUT2D eigenvalue weighted by molar-refractivity contribution is -0.120. The summed E-state index contributed by atoms with van der Waals surface area (Å²) >= 11 is 0. The van der Waals surface area contributed by atoms with Crippen LogP contribution in [0.5, 0.6) is 0 Å². The van der Waals surface area contributed by atoms with Gasteiger partial charge in [-0.2, -0.15) is 5.10 Å². The number of fused-ring (bicyclic) bond motifs is 1. The van der Waals surface area contributed by atoms with Crippen molar-refractivity contribution in [1.29, 1.82) is 0 Å². The summed E-state index contributed by atoms with van der Waals surface area (Å²) in [4.78, 5) is 14.8. The van der Waals surface area contributed by atoms with Gasteiger partial charge in [-0.15, -0.1) is 0 Å². The first-order chi connectivity index (χ1) is 11.9. The number of aryl methyl sites for hydroxylation is 1. The van der Waals surface area contributed by atoms with Crippen LogP contribution >= 0.6 is 0 Å². The van der Waals surface area contributed by atoms with Gasteiger partial charge in [0.15, 0.2) is 0 Å². The Morgan fingerprint density at radius 3 is 2.68 bits per heavy atom. The fourth-order valence-electron chi connectivity index (χ4n) is 3.05. The molecule has 25 heavy (non-hydrogen) atoms. The molecule has 134 valence electrons. The van der Waals surface area contributed by atoms with E-state index in [2.05, 4.69) is 15.1 Å². The molecule has 1 aromatic heterocycles. The number of carbonyl (C=O) groups is 1. The largest absolute Gasteiger partial charge is 0.310 e. The van der Waals surface area contributed by atoms with Crippen molar-refractivity contribution < 1.29 is 13.2 Å². The molecule has 0 aliphatic carbocycles. The van der Waals surface area contributed by atoms with E-state index in [0.717, 1.165) is 11.1 Å². The molecule has 1 aliphatic heterocycles. The number of benzene rings is 1. The summed E-state index contributed by atoms with van der Waals surface area (Å²) in [6.07, 6.45) is 4.14. The smallest absolute Gasteiger partial charge is 0.248 e. The minimum Gasteiger partial charge on any atom is -0.310 e. The maximum atomic E-state index is 13.0. The van der Waals surface area contributed by atoms with Crippen LogP contribution < -0.4 is 14.9 Å². The molecule has 3 rings (SSSR count). The van der Waals surface area contributed by atoms with E-state index in [0.29, 0.717) is 18.7 Å². The summed E-state index contributed by atoms with van der Waals surface area (Å²) in [6.45, 7) is 0.523. The molecule has 0 radical (unpaired) electrons. The average molecular weight is 363 g/mol. The second kappa shape index (κ2) is 6.58. The molecule has 1 aliphatic rings. The minimum absolute atomic E-state index is 0.131. The lowest BCUT2D eigenvalue weighted by Gasteiger charge is -2.23. The standard InChI is InChI=1S/C16H21N5O3S/c1-17-15(12-9-19-20(3)10-12)16(22)21-7-6-11-4-5-13(8-14(11)21)25(23,24)18-2/h4-5,8-10,15,17-18H,6-7H2,1-3H3. The van der Waals surface area contributed by atoms with Crippen molar-refractivity contribution in [3.8, 4) is 0 Å². The van der Waals surface area contributed by atoms with Crippen molar-refractivity contribution in [3.05, 3.63) is 41.7 Å². The summed E-state index contributed by atoms with van der Waals surface area (Å²) in [7, 11) is 1.31. The minimum atomic E-state index is -3.56. The first kappa shape index (κ1) is 17.6. The van der Waals surface area contributed by atoms with Gasteiger partial charge >= 0.3 is 0 Å². The highest BCUT2D eigenvalue weighted by Gasteiger charge is 2.32. The number of carbonyl (C=O) groups excluding carboxylic acids is 1. The number of likely N-dealkylation sites (N-methyl/N-ethyl adjacent to an activating group) is 1.